The van der Waals surface area contributed by atoms with Crippen LogP contribution in [-0.2, 0) is 31.4 Å². The van der Waals surface area contributed by atoms with Crippen LogP contribution in [0, 0.1) is 20.8 Å². The molecule has 3 N–H and O–H groups in total. The van der Waals surface area contributed by atoms with Crippen LogP contribution in [0.1, 0.15) is 54.4 Å². The van der Waals surface area contributed by atoms with Gasteiger partial charge in [-0.05, 0) is 62.4 Å². The van der Waals surface area contributed by atoms with E-state index in [0.29, 0.717) is 16.7 Å². The Hall–Kier alpha value is -2.27. The van der Waals surface area contributed by atoms with E-state index in [4.69, 9.17) is 5.14 Å². The highest BCUT2D eigenvalue weighted by atomic mass is 32.2. The fraction of sp³-hybridized carbons (Fsp3) is 0.458. The van der Waals surface area contributed by atoms with Crippen LogP contribution in [-0.4, -0.2) is 39.6 Å². The molecule has 8 nitrogen and oxygen atoms in total. The van der Waals surface area contributed by atoms with Crippen molar-refractivity contribution in [2.45, 2.75) is 75.3 Å². The smallest absolute Gasteiger partial charge is 0.244 e. The van der Waals surface area contributed by atoms with Gasteiger partial charge in [-0.15, -0.1) is 0 Å². The normalized spacial score (nSPS) is 15.4. The molecule has 0 spiro atoms. The maximum Gasteiger partial charge on any atom is 0.244 e. The summed E-state index contributed by atoms with van der Waals surface area (Å²) in [6.45, 7) is 5.38. The summed E-state index contributed by atoms with van der Waals surface area (Å²) in [5.74, 6) is -0.410. The second kappa shape index (κ2) is 10.6. The summed E-state index contributed by atoms with van der Waals surface area (Å²) in [6.07, 6.45) is 4.38. The Morgan fingerprint density at radius 3 is 2.06 bits per heavy atom. The van der Waals surface area contributed by atoms with Crippen molar-refractivity contribution in [1.29, 1.82) is 0 Å². The molecule has 2 aromatic carbocycles. The van der Waals surface area contributed by atoms with Crippen molar-refractivity contribution in [3.8, 4) is 0 Å². The van der Waals surface area contributed by atoms with Gasteiger partial charge in [-0.2, -0.15) is 4.31 Å². The van der Waals surface area contributed by atoms with Crippen LogP contribution in [0.3, 0.4) is 0 Å². The molecule has 34 heavy (non-hydrogen) atoms. The van der Waals surface area contributed by atoms with Gasteiger partial charge < -0.3 is 5.32 Å². The molecule has 1 aliphatic rings. The van der Waals surface area contributed by atoms with E-state index in [-0.39, 0.29) is 28.9 Å². The number of hydrogen-bond acceptors (Lipinski definition) is 5. The lowest BCUT2D eigenvalue weighted by molar-refractivity contribution is -0.121. The van der Waals surface area contributed by atoms with Crippen LogP contribution in [0.4, 0.5) is 0 Å². The predicted octanol–water partition coefficient (Wildman–Crippen LogP) is 2.90. The summed E-state index contributed by atoms with van der Waals surface area (Å²) in [7, 11) is -7.68. The van der Waals surface area contributed by atoms with Gasteiger partial charge >= 0.3 is 0 Å². The second-order valence-corrected chi connectivity index (χ2v) is 12.4. The highest BCUT2D eigenvalue weighted by Crippen LogP contribution is 2.31. The van der Waals surface area contributed by atoms with Crippen molar-refractivity contribution in [2.24, 2.45) is 5.14 Å². The molecule has 0 atom stereocenters. The zero-order chi connectivity index (χ0) is 25.1. The van der Waals surface area contributed by atoms with Crippen LogP contribution in [0.25, 0.3) is 0 Å². The number of rotatable bonds is 8. The van der Waals surface area contributed by atoms with Gasteiger partial charge in [0.05, 0.1) is 16.3 Å². The molecular formula is C24H33N3O5S2. The molecular weight excluding hydrogens is 474 g/mol. The number of nitrogens with two attached hydrogens (primary N) is 1. The first-order valence-electron chi connectivity index (χ1n) is 11.4. The minimum absolute atomic E-state index is 0.0130. The van der Waals surface area contributed by atoms with E-state index in [0.717, 1.165) is 37.7 Å². The molecule has 0 unspecified atom stereocenters. The van der Waals surface area contributed by atoms with E-state index in [1.54, 1.807) is 26.0 Å². The fourth-order valence-corrected chi connectivity index (χ4v) is 7.24. The van der Waals surface area contributed by atoms with Gasteiger partial charge in [-0.3, -0.25) is 4.79 Å². The minimum atomic E-state index is -3.89. The van der Waals surface area contributed by atoms with Crippen molar-refractivity contribution in [3.63, 3.8) is 0 Å². The first kappa shape index (κ1) is 26.3. The van der Waals surface area contributed by atoms with Crippen LogP contribution >= 0.6 is 0 Å². The Balaban J connectivity index is 1.81. The van der Waals surface area contributed by atoms with Crippen LogP contribution in [0.15, 0.2) is 46.2 Å². The van der Waals surface area contributed by atoms with Gasteiger partial charge in [0.25, 0.3) is 0 Å². The van der Waals surface area contributed by atoms with E-state index in [9.17, 15) is 21.6 Å². The number of carbonyl (C=O) groups is 1. The second-order valence-electron chi connectivity index (χ2n) is 9.04. The zero-order valence-electron chi connectivity index (χ0n) is 19.9. The van der Waals surface area contributed by atoms with Gasteiger partial charge in [0, 0.05) is 12.6 Å². The Bertz CT molecular complexity index is 1230. The van der Waals surface area contributed by atoms with E-state index >= 15 is 0 Å². The van der Waals surface area contributed by atoms with Crippen molar-refractivity contribution < 1.29 is 21.6 Å². The first-order chi connectivity index (χ1) is 15.9. The van der Waals surface area contributed by atoms with Crippen LogP contribution < -0.4 is 10.5 Å². The molecule has 0 aromatic heterocycles. The number of carbonyl (C=O) groups excluding carboxylic acids is 1. The van der Waals surface area contributed by atoms with Gasteiger partial charge in [0.2, 0.25) is 26.0 Å². The van der Waals surface area contributed by atoms with E-state index in [1.165, 1.54) is 16.4 Å². The Labute approximate surface area is 202 Å². The lowest BCUT2D eigenvalue weighted by atomic mass is 9.95. The Kier molecular flexibility index (Phi) is 8.18. The standard InChI is InChI=1S/C24H33N3O5S2/c1-17-13-18(2)24(19(3)14-17)34(31,32)27(21-7-5-4-6-8-21)16-23(28)26-15-20-9-11-22(12-10-20)33(25,29)30/h9-14,21H,4-8,15-16H2,1-3H3,(H,26,28)(H2,25,29,30). The molecule has 10 heteroatoms. The molecule has 0 heterocycles. The molecule has 0 aliphatic heterocycles. The highest BCUT2D eigenvalue weighted by Gasteiger charge is 2.35. The largest absolute Gasteiger partial charge is 0.351 e. The lowest BCUT2D eigenvalue weighted by Gasteiger charge is -2.33. The third kappa shape index (κ3) is 6.24. The molecule has 1 amide bonds. The Morgan fingerprint density at radius 2 is 1.53 bits per heavy atom. The van der Waals surface area contributed by atoms with Gasteiger partial charge in [0.15, 0.2) is 0 Å². The summed E-state index contributed by atoms with van der Waals surface area (Å²) in [5, 5.41) is 7.88. The topological polar surface area (TPSA) is 127 Å². The maximum absolute atomic E-state index is 13.8. The molecule has 3 rings (SSSR count). The molecule has 0 saturated heterocycles. The SMILES string of the molecule is Cc1cc(C)c(S(=O)(=O)N(CC(=O)NCc2ccc(S(N)(=O)=O)cc2)C2CCCCC2)c(C)c1. The summed E-state index contributed by atoms with van der Waals surface area (Å²) >= 11 is 0. The summed E-state index contributed by atoms with van der Waals surface area (Å²) in [5.41, 5.74) is 3.02. The molecule has 1 aliphatic carbocycles. The monoisotopic (exact) mass is 507 g/mol. The summed E-state index contributed by atoms with van der Waals surface area (Å²) in [4.78, 5) is 13.1. The third-order valence-electron chi connectivity index (χ3n) is 6.19. The van der Waals surface area contributed by atoms with E-state index < -0.39 is 26.0 Å². The highest BCUT2D eigenvalue weighted by molar-refractivity contribution is 7.89. The zero-order valence-corrected chi connectivity index (χ0v) is 21.5. The molecule has 2 aromatic rings. The van der Waals surface area contributed by atoms with Gasteiger partial charge in [0.1, 0.15) is 0 Å². The number of nitrogens with zero attached hydrogens (tertiary/aromatic N) is 1. The number of primary sulfonamides is 1. The molecule has 1 saturated carbocycles. The summed E-state index contributed by atoms with van der Waals surface area (Å²) in [6, 6.07) is 9.35. The predicted molar refractivity (Wildman–Crippen MR) is 131 cm³/mol. The number of sulfonamides is 2. The lowest BCUT2D eigenvalue weighted by Crippen LogP contribution is -2.47. The van der Waals surface area contributed by atoms with Crippen molar-refractivity contribution in [2.75, 3.05) is 6.54 Å². The number of amides is 1. The van der Waals surface area contributed by atoms with Gasteiger partial charge in [-0.1, -0.05) is 49.1 Å². The van der Waals surface area contributed by atoms with E-state index in [2.05, 4.69) is 5.32 Å². The van der Waals surface area contributed by atoms with Crippen molar-refractivity contribution in [1.82, 2.24) is 9.62 Å². The van der Waals surface area contributed by atoms with Crippen LogP contribution in [0.5, 0.6) is 0 Å². The number of hydrogen-bond donors (Lipinski definition) is 2. The fourth-order valence-electron chi connectivity index (χ4n) is 4.67. The molecule has 0 bridgehead atoms. The molecule has 186 valence electrons. The molecule has 1 fully saturated rings. The third-order valence-corrected chi connectivity index (χ3v) is 9.33. The Morgan fingerprint density at radius 1 is 0.971 bits per heavy atom. The van der Waals surface area contributed by atoms with Gasteiger partial charge in [-0.25, -0.2) is 22.0 Å². The average Bonchev–Trinajstić information content (AvgIpc) is 2.75. The van der Waals surface area contributed by atoms with Crippen LogP contribution in [0.2, 0.25) is 0 Å². The number of aryl methyl sites for hydroxylation is 3. The number of benzene rings is 2. The number of nitrogens with one attached hydrogen (secondary N) is 1. The maximum atomic E-state index is 13.8. The first-order valence-corrected chi connectivity index (χ1v) is 14.4. The van der Waals surface area contributed by atoms with E-state index in [1.807, 2.05) is 19.1 Å². The average molecular weight is 508 g/mol. The summed E-state index contributed by atoms with van der Waals surface area (Å²) < 4.78 is 51.8. The van der Waals surface area contributed by atoms with Crippen molar-refractivity contribution >= 4 is 26.0 Å². The minimum Gasteiger partial charge on any atom is -0.351 e. The van der Waals surface area contributed by atoms with Crippen molar-refractivity contribution in [3.05, 3.63) is 58.7 Å². The molecule has 0 radical (unpaired) electrons. The quantitative estimate of drug-likeness (QED) is 0.568.